The van der Waals surface area contributed by atoms with Crippen molar-refractivity contribution in [3.63, 3.8) is 0 Å². The minimum absolute atomic E-state index is 0.207. The summed E-state index contributed by atoms with van der Waals surface area (Å²) in [5.74, 6) is 1.88. The van der Waals surface area contributed by atoms with Crippen LogP contribution in [-0.4, -0.2) is 37.9 Å². The molecule has 0 atom stereocenters. The molecule has 1 aromatic carbocycles. The van der Waals surface area contributed by atoms with Crippen LogP contribution in [-0.2, 0) is 11.8 Å². The first kappa shape index (κ1) is 18.6. The smallest absolute Gasteiger partial charge is 0.194 e. The molecule has 1 fully saturated rings. The lowest BCUT2D eigenvalue weighted by Gasteiger charge is -2.32. The Kier molecular flexibility index (Phi) is 5.83. The van der Waals surface area contributed by atoms with Crippen LogP contribution >= 0.6 is 11.3 Å². The Hall–Kier alpha value is -1.79. The van der Waals surface area contributed by atoms with Crippen molar-refractivity contribution in [3.05, 3.63) is 35.0 Å². The Labute approximate surface area is 165 Å². The molecule has 0 saturated carbocycles. The molecule has 1 N–H and O–H groups in total. The largest absolute Gasteiger partial charge is 0.493 e. The van der Waals surface area contributed by atoms with E-state index in [1.807, 2.05) is 12.3 Å². The first-order valence-corrected chi connectivity index (χ1v) is 10.8. The summed E-state index contributed by atoms with van der Waals surface area (Å²) in [4.78, 5) is 4.37. The molecule has 5 nitrogen and oxygen atoms in total. The average Bonchev–Trinajstić information content (AvgIpc) is 3.28. The third-order valence-corrected chi connectivity index (χ3v) is 6.36. The SMILES string of the molecule is CCCc1ncc(OCCCOc2ccc3c(c2)OCC32CCNCC2)s1. The molecule has 1 saturated heterocycles. The van der Waals surface area contributed by atoms with Gasteiger partial charge in [-0.1, -0.05) is 24.3 Å². The van der Waals surface area contributed by atoms with E-state index in [0.717, 1.165) is 73.4 Å². The van der Waals surface area contributed by atoms with Gasteiger partial charge in [-0.2, -0.15) is 0 Å². The molecular formula is C21H28N2O3S. The zero-order valence-corrected chi connectivity index (χ0v) is 16.8. The van der Waals surface area contributed by atoms with Crippen molar-refractivity contribution in [2.75, 3.05) is 32.9 Å². The predicted molar refractivity (Wildman–Crippen MR) is 107 cm³/mol. The molecule has 0 unspecified atom stereocenters. The van der Waals surface area contributed by atoms with Crippen molar-refractivity contribution in [1.82, 2.24) is 10.3 Å². The fourth-order valence-electron chi connectivity index (χ4n) is 3.87. The van der Waals surface area contributed by atoms with Gasteiger partial charge in [0.15, 0.2) is 5.06 Å². The van der Waals surface area contributed by atoms with E-state index in [2.05, 4.69) is 29.4 Å². The summed E-state index contributed by atoms with van der Waals surface area (Å²) in [5, 5.41) is 5.49. The fourth-order valence-corrected chi connectivity index (χ4v) is 4.77. The second-order valence-corrected chi connectivity index (χ2v) is 8.43. The van der Waals surface area contributed by atoms with Crippen LogP contribution in [0.5, 0.6) is 16.6 Å². The van der Waals surface area contributed by atoms with E-state index in [1.54, 1.807) is 11.3 Å². The van der Waals surface area contributed by atoms with Gasteiger partial charge in [-0.25, -0.2) is 4.98 Å². The summed E-state index contributed by atoms with van der Waals surface area (Å²) in [5.41, 5.74) is 1.56. The van der Waals surface area contributed by atoms with E-state index in [1.165, 1.54) is 5.56 Å². The summed E-state index contributed by atoms with van der Waals surface area (Å²) in [7, 11) is 0. The number of nitrogens with one attached hydrogen (secondary N) is 1. The molecule has 4 rings (SSSR count). The molecule has 146 valence electrons. The average molecular weight is 389 g/mol. The number of piperidine rings is 1. The highest BCUT2D eigenvalue weighted by Gasteiger charge is 2.41. The van der Waals surface area contributed by atoms with Crippen LogP contribution in [0.25, 0.3) is 0 Å². The number of aryl methyl sites for hydroxylation is 1. The molecule has 3 heterocycles. The zero-order chi connectivity index (χ0) is 18.5. The van der Waals surface area contributed by atoms with E-state index >= 15 is 0 Å². The Balaban J connectivity index is 1.23. The number of hydrogen-bond acceptors (Lipinski definition) is 6. The van der Waals surface area contributed by atoms with Crippen LogP contribution in [0, 0.1) is 0 Å². The fraction of sp³-hybridized carbons (Fsp3) is 0.571. The summed E-state index contributed by atoms with van der Waals surface area (Å²) < 4.78 is 17.7. The third-order valence-electron chi connectivity index (χ3n) is 5.39. The van der Waals surface area contributed by atoms with Crippen LogP contribution in [0.15, 0.2) is 24.4 Å². The minimum atomic E-state index is 0.207. The monoisotopic (exact) mass is 388 g/mol. The number of nitrogens with zero attached hydrogens (tertiary/aromatic N) is 1. The van der Waals surface area contributed by atoms with Crippen LogP contribution < -0.4 is 19.5 Å². The molecule has 6 heteroatoms. The minimum Gasteiger partial charge on any atom is -0.493 e. The lowest BCUT2D eigenvalue weighted by Crippen LogP contribution is -2.40. The van der Waals surface area contributed by atoms with Crippen molar-refractivity contribution < 1.29 is 14.2 Å². The van der Waals surface area contributed by atoms with Gasteiger partial charge < -0.3 is 19.5 Å². The van der Waals surface area contributed by atoms with Crippen LogP contribution in [0.3, 0.4) is 0 Å². The molecule has 1 spiro atoms. The maximum absolute atomic E-state index is 6.00. The molecule has 0 aliphatic carbocycles. The summed E-state index contributed by atoms with van der Waals surface area (Å²) in [6, 6.07) is 6.33. The highest BCUT2D eigenvalue weighted by Crippen LogP contribution is 2.45. The first-order valence-electron chi connectivity index (χ1n) is 9.97. The number of aromatic nitrogens is 1. The van der Waals surface area contributed by atoms with E-state index in [9.17, 15) is 0 Å². The lowest BCUT2D eigenvalue weighted by atomic mass is 9.75. The van der Waals surface area contributed by atoms with Crippen LogP contribution in [0.2, 0.25) is 0 Å². The Morgan fingerprint density at radius 3 is 2.93 bits per heavy atom. The predicted octanol–water partition coefficient (Wildman–Crippen LogP) is 3.96. The second kappa shape index (κ2) is 8.48. The summed E-state index contributed by atoms with van der Waals surface area (Å²) in [6.45, 7) is 6.38. The molecule has 2 aromatic rings. The zero-order valence-electron chi connectivity index (χ0n) is 16.0. The molecular weight excluding hydrogens is 360 g/mol. The van der Waals surface area contributed by atoms with Gasteiger partial charge in [0, 0.05) is 23.5 Å². The van der Waals surface area contributed by atoms with Gasteiger partial charge in [0.25, 0.3) is 0 Å². The maximum Gasteiger partial charge on any atom is 0.194 e. The topological polar surface area (TPSA) is 52.6 Å². The van der Waals surface area contributed by atoms with Crippen molar-refractivity contribution >= 4 is 11.3 Å². The molecule has 2 aliphatic heterocycles. The molecule has 1 aromatic heterocycles. The Bertz CT molecular complexity index is 756. The highest BCUT2D eigenvalue weighted by molar-refractivity contribution is 7.13. The standard InChI is InChI=1S/C21H28N2O3S/c1-2-4-19-23-14-20(27-19)25-12-3-11-24-16-5-6-17-18(13-16)26-15-21(17)7-9-22-10-8-21/h5-6,13-14,22H,2-4,7-12,15H2,1H3. The van der Waals surface area contributed by atoms with Gasteiger partial charge in [-0.3, -0.25) is 0 Å². The van der Waals surface area contributed by atoms with Gasteiger partial charge in [-0.15, -0.1) is 0 Å². The Morgan fingerprint density at radius 2 is 2.07 bits per heavy atom. The van der Waals surface area contributed by atoms with Gasteiger partial charge in [0.05, 0.1) is 31.0 Å². The number of thiazole rings is 1. The van der Waals surface area contributed by atoms with Crippen molar-refractivity contribution in [1.29, 1.82) is 0 Å². The van der Waals surface area contributed by atoms with Gasteiger partial charge in [-0.05, 0) is 44.8 Å². The number of hydrogen-bond donors (Lipinski definition) is 1. The van der Waals surface area contributed by atoms with Crippen molar-refractivity contribution in [3.8, 4) is 16.6 Å². The molecule has 0 bridgehead atoms. The number of benzene rings is 1. The van der Waals surface area contributed by atoms with Crippen LogP contribution in [0.1, 0.15) is 43.2 Å². The summed E-state index contributed by atoms with van der Waals surface area (Å²) in [6.07, 6.45) is 7.10. The molecule has 0 radical (unpaired) electrons. The van der Waals surface area contributed by atoms with E-state index in [0.29, 0.717) is 13.2 Å². The third kappa shape index (κ3) is 4.22. The number of fused-ring (bicyclic) bond motifs is 2. The Morgan fingerprint density at radius 1 is 1.22 bits per heavy atom. The second-order valence-electron chi connectivity index (χ2n) is 7.35. The number of rotatable bonds is 8. The van der Waals surface area contributed by atoms with E-state index in [-0.39, 0.29) is 5.41 Å². The normalized spacial score (nSPS) is 17.5. The van der Waals surface area contributed by atoms with E-state index < -0.39 is 0 Å². The van der Waals surface area contributed by atoms with Gasteiger partial charge in [0.2, 0.25) is 0 Å². The molecule has 0 amide bonds. The molecule has 27 heavy (non-hydrogen) atoms. The van der Waals surface area contributed by atoms with E-state index in [4.69, 9.17) is 14.2 Å². The quantitative estimate of drug-likeness (QED) is 0.694. The molecule has 2 aliphatic rings. The van der Waals surface area contributed by atoms with Gasteiger partial charge >= 0.3 is 0 Å². The van der Waals surface area contributed by atoms with Gasteiger partial charge in [0.1, 0.15) is 11.5 Å². The van der Waals surface area contributed by atoms with Crippen LogP contribution in [0.4, 0.5) is 0 Å². The first-order chi connectivity index (χ1) is 13.3. The van der Waals surface area contributed by atoms with Crippen molar-refractivity contribution in [2.24, 2.45) is 0 Å². The summed E-state index contributed by atoms with van der Waals surface area (Å²) >= 11 is 1.64. The van der Waals surface area contributed by atoms with Crippen molar-refractivity contribution in [2.45, 2.75) is 44.4 Å². The highest BCUT2D eigenvalue weighted by atomic mass is 32.1. The lowest BCUT2D eigenvalue weighted by molar-refractivity contribution is 0.220. The number of ether oxygens (including phenoxy) is 3. The maximum atomic E-state index is 6.00.